The smallest absolute Gasteiger partial charge is 0.138 e. The normalized spacial score (nSPS) is 26.2. The molecule has 0 aliphatic carbocycles. The first-order valence-corrected chi connectivity index (χ1v) is 6.28. The first-order chi connectivity index (χ1) is 7.66. The van der Waals surface area contributed by atoms with E-state index < -0.39 is 0 Å². The molecular weight excluding hydrogens is 200 g/mol. The van der Waals surface area contributed by atoms with Crippen molar-refractivity contribution in [2.24, 2.45) is 5.92 Å². The molecule has 1 aliphatic rings. The highest BCUT2D eigenvalue weighted by Gasteiger charge is 2.21. The van der Waals surface area contributed by atoms with Crippen molar-refractivity contribution in [1.29, 1.82) is 0 Å². The van der Waals surface area contributed by atoms with E-state index in [2.05, 4.69) is 36.2 Å². The maximum atomic E-state index is 4.39. The Balaban J connectivity index is 2.00. The molecule has 4 nitrogen and oxygen atoms in total. The topological polar surface area (TPSA) is 42.7 Å². The summed E-state index contributed by atoms with van der Waals surface area (Å²) < 4.78 is 2.05. The van der Waals surface area contributed by atoms with Gasteiger partial charge in [0.25, 0.3) is 0 Å². The quantitative estimate of drug-likeness (QED) is 0.848. The van der Waals surface area contributed by atoms with Crippen LogP contribution in [0.1, 0.15) is 45.5 Å². The Labute approximate surface area is 97.5 Å². The number of hydrogen-bond acceptors (Lipinski definition) is 3. The summed E-state index contributed by atoms with van der Waals surface area (Å²) in [7, 11) is 0. The zero-order chi connectivity index (χ0) is 11.5. The van der Waals surface area contributed by atoms with E-state index in [4.69, 9.17) is 0 Å². The fourth-order valence-corrected chi connectivity index (χ4v) is 2.53. The van der Waals surface area contributed by atoms with Gasteiger partial charge in [0.05, 0.1) is 0 Å². The van der Waals surface area contributed by atoms with E-state index in [0.717, 1.165) is 24.7 Å². The van der Waals surface area contributed by atoms with Crippen molar-refractivity contribution in [3.63, 3.8) is 0 Å². The molecule has 1 N–H and O–H groups in total. The van der Waals surface area contributed by atoms with Gasteiger partial charge in [-0.15, -0.1) is 0 Å². The minimum Gasteiger partial charge on any atom is -0.314 e. The molecule has 0 spiro atoms. The Morgan fingerprint density at radius 3 is 3.06 bits per heavy atom. The number of nitrogens with one attached hydrogen (secondary N) is 1. The Kier molecular flexibility index (Phi) is 3.59. The molecule has 0 radical (unpaired) electrons. The molecule has 90 valence electrons. The summed E-state index contributed by atoms with van der Waals surface area (Å²) in [5.41, 5.74) is 0. The second kappa shape index (κ2) is 4.95. The molecule has 0 saturated carbocycles. The molecule has 0 bridgehead atoms. The van der Waals surface area contributed by atoms with Gasteiger partial charge in [-0.3, -0.25) is 0 Å². The SMILES string of the molecule is CC1CC(Cc2ncnn2C(C)C)CCN1. The first kappa shape index (κ1) is 11.6. The fraction of sp³-hybridized carbons (Fsp3) is 0.833. The molecule has 2 atom stereocenters. The van der Waals surface area contributed by atoms with Crippen LogP contribution in [-0.2, 0) is 6.42 Å². The molecule has 1 aromatic rings. The predicted octanol–water partition coefficient (Wildman–Crippen LogP) is 1.79. The summed E-state index contributed by atoms with van der Waals surface area (Å²) in [5, 5.41) is 7.78. The molecule has 4 heteroatoms. The third kappa shape index (κ3) is 2.61. The Morgan fingerprint density at radius 2 is 2.38 bits per heavy atom. The third-order valence-electron chi connectivity index (χ3n) is 3.34. The van der Waals surface area contributed by atoms with Gasteiger partial charge in [-0.2, -0.15) is 5.10 Å². The second-order valence-corrected chi connectivity index (χ2v) is 5.16. The number of piperidine rings is 1. The second-order valence-electron chi connectivity index (χ2n) is 5.16. The maximum Gasteiger partial charge on any atom is 0.138 e. The minimum absolute atomic E-state index is 0.414. The van der Waals surface area contributed by atoms with E-state index in [1.54, 1.807) is 6.33 Å². The summed E-state index contributed by atoms with van der Waals surface area (Å²) in [4.78, 5) is 4.39. The molecule has 1 saturated heterocycles. The van der Waals surface area contributed by atoms with Crippen LogP contribution in [-0.4, -0.2) is 27.4 Å². The summed E-state index contributed by atoms with van der Waals surface area (Å²) in [6, 6.07) is 1.06. The Hall–Kier alpha value is -0.900. The molecule has 0 aromatic carbocycles. The summed E-state index contributed by atoms with van der Waals surface area (Å²) in [6.07, 6.45) is 5.27. The molecule has 16 heavy (non-hydrogen) atoms. The molecule has 2 rings (SSSR count). The van der Waals surface area contributed by atoms with E-state index in [9.17, 15) is 0 Å². The van der Waals surface area contributed by atoms with E-state index >= 15 is 0 Å². The van der Waals surface area contributed by atoms with Crippen LogP contribution in [0.2, 0.25) is 0 Å². The van der Waals surface area contributed by atoms with Crippen LogP contribution in [0.5, 0.6) is 0 Å². The monoisotopic (exact) mass is 222 g/mol. The fourth-order valence-electron chi connectivity index (χ4n) is 2.53. The minimum atomic E-state index is 0.414. The third-order valence-corrected chi connectivity index (χ3v) is 3.34. The molecule has 0 amide bonds. The van der Waals surface area contributed by atoms with E-state index in [-0.39, 0.29) is 0 Å². The Morgan fingerprint density at radius 1 is 1.56 bits per heavy atom. The van der Waals surface area contributed by atoms with E-state index in [1.807, 2.05) is 4.68 Å². The molecule has 2 heterocycles. The lowest BCUT2D eigenvalue weighted by Crippen LogP contribution is -2.36. The van der Waals surface area contributed by atoms with Crippen molar-refractivity contribution in [2.45, 2.75) is 52.1 Å². The van der Waals surface area contributed by atoms with Crippen molar-refractivity contribution in [2.75, 3.05) is 6.54 Å². The predicted molar refractivity (Wildman–Crippen MR) is 64.3 cm³/mol. The van der Waals surface area contributed by atoms with Gasteiger partial charge in [-0.05, 0) is 46.1 Å². The van der Waals surface area contributed by atoms with Crippen LogP contribution in [0, 0.1) is 5.92 Å². The van der Waals surface area contributed by atoms with Gasteiger partial charge in [0.15, 0.2) is 0 Å². The number of nitrogens with zero attached hydrogens (tertiary/aromatic N) is 3. The van der Waals surface area contributed by atoms with Gasteiger partial charge in [0, 0.05) is 18.5 Å². The zero-order valence-electron chi connectivity index (χ0n) is 10.5. The van der Waals surface area contributed by atoms with Gasteiger partial charge in [-0.1, -0.05) is 0 Å². The highest BCUT2D eigenvalue weighted by Crippen LogP contribution is 2.20. The molecule has 1 aromatic heterocycles. The average Bonchev–Trinajstić information content (AvgIpc) is 2.66. The highest BCUT2D eigenvalue weighted by atomic mass is 15.3. The lowest BCUT2D eigenvalue weighted by molar-refractivity contribution is 0.304. The average molecular weight is 222 g/mol. The summed E-state index contributed by atoms with van der Waals surface area (Å²) in [5.74, 6) is 1.91. The van der Waals surface area contributed by atoms with Gasteiger partial charge >= 0.3 is 0 Å². The van der Waals surface area contributed by atoms with Crippen molar-refractivity contribution < 1.29 is 0 Å². The van der Waals surface area contributed by atoms with Crippen molar-refractivity contribution in [3.05, 3.63) is 12.2 Å². The lowest BCUT2D eigenvalue weighted by atomic mass is 9.90. The standard InChI is InChI=1S/C12H22N4/c1-9(2)16-12(14-8-15-16)7-11-4-5-13-10(3)6-11/h8-11,13H,4-7H2,1-3H3. The van der Waals surface area contributed by atoms with E-state index in [1.165, 1.54) is 12.8 Å². The van der Waals surface area contributed by atoms with Crippen LogP contribution in [0.4, 0.5) is 0 Å². The van der Waals surface area contributed by atoms with Crippen LogP contribution >= 0.6 is 0 Å². The van der Waals surface area contributed by atoms with Gasteiger partial charge < -0.3 is 5.32 Å². The van der Waals surface area contributed by atoms with Crippen LogP contribution in [0.3, 0.4) is 0 Å². The van der Waals surface area contributed by atoms with Crippen molar-refractivity contribution in [3.8, 4) is 0 Å². The number of hydrogen-bond donors (Lipinski definition) is 1. The van der Waals surface area contributed by atoms with Crippen molar-refractivity contribution >= 4 is 0 Å². The largest absolute Gasteiger partial charge is 0.314 e. The molecule has 1 aliphatic heterocycles. The number of aromatic nitrogens is 3. The van der Waals surface area contributed by atoms with E-state index in [0.29, 0.717) is 12.1 Å². The zero-order valence-corrected chi connectivity index (χ0v) is 10.5. The summed E-state index contributed by atoms with van der Waals surface area (Å²) in [6.45, 7) is 7.72. The molecular formula is C12H22N4. The Bertz CT molecular complexity index is 332. The van der Waals surface area contributed by atoms with Crippen molar-refractivity contribution in [1.82, 2.24) is 20.1 Å². The molecule has 2 unspecified atom stereocenters. The van der Waals surface area contributed by atoms with Crippen LogP contribution < -0.4 is 5.32 Å². The summed E-state index contributed by atoms with van der Waals surface area (Å²) >= 11 is 0. The van der Waals surface area contributed by atoms with Gasteiger partial charge in [0.2, 0.25) is 0 Å². The first-order valence-electron chi connectivity index (χ1n) is 6.28. The van der Waals surface area contributed by atoms with Crippen LogP contribution in [0.25, 0.3) is 0 Å². The maximum absolute atomic E-state index is 4.39. The van der Waals surface area contributed by atoms with Crippen LogP contribution in [0.15, 0.2) is 6.33 Å². The highest BCUT2D eigenvalue weighted by molar-refractivity contribution is 4.91. The van der Waals surface area contributed by atoms with Gasteiger partial charge in [-0.25, -0.2) is 9.67 Å². The number of rotatable bonds is 3. The molecule has 1 fully saturated rings. The lowest BCUT2D eigenvalue weighted by Gasteiger charge is -2.27. The van der Waals surface area contributed by atoms with Gasteiger partial charge in [0.1, 0.15) is 12.2 Å².